The van der Waals surface area contributed by atoms with Crippen LogP contribution in [0.5, 0.6) is 0 Å². The smallest absolute Gasteiger partial charge is 0.375 e. The first-order chi connectivity index (χ1) is 16.3. The number of benzene rings is 2. The van der Waals surface area contributed by atoms with Crippen LogP contribution in [0, 0.1) is 17.5 Å². The highest BCUT2D eigenvalue weighted by Gasteiger charge is 2.40. The van der Waals surface area contributed by atoms with Gasteiger partial charge in [0.1, 0.15) is 17.5 Å². The molecule has 0 bridgehead atoms. The van der Waals surface area contributed by atoms with Crippen molar-refractivity contribution in [1.29, 1.82) is 0 Å². The molecule has 0 unspecified atom stereocenters. The van der Waals surface area contributed by atoms with Gasteiger partial charge in [-0.1, -0.05) is 0 Å². The van der Waals surface area contributed by atoms with Gasteiger partial charge in [0.05, 0.1) is 23.0 Å². The standard InChI is InChI=1S/C22H21F6N5OS/c1-11-9-32(19-7-17(24)13(5-18(19)25)8-30-31-21(29)35)10-12(2)33(11)20(34)15-4-3-14(23)6-16(15)22(26,27)28/h3-8,11-12H,9-10H2,1-2H3,(H3,29,31,35)/b30-8+/t11-,12+. The maximum Gasteiger partial charge on any atom is 0.417 e. The molecule has 1 saturated heterocycles. The Morgan fingerprint density at radius 1 is 1.11 bits per heavy atom. The third-order valence-electron chi connectivity index (χ3n) is 5.46. The highest BCUT2D eigenvalue weighted by atomic mass is 32.1. The van der Waals surface area contributed by atoms with Gasteiger partial charge in [-0.3, -0.25) is 10.2 Å². The van der Waals surface area contributed by atoms with E-state index in [1.54, 1.807) is 13.8 Å². The molecule has 0 saturated carbocycles. The summed E-state index contributed by atoms with van der Waals surface area (Å²) < 4.78 is 83.1. The Morgan fingerprint density at radius 3 is 2.31 bits per heavy atom. The molecule has 0 spiro atoms. The van der Waals surface area contributed by atoms with E-state index >= 15 is 0 Å². The second kappa shape index (κ2) is 10.1. The van der Waals surface area contributed by atoms with Gasteiger partial charge in [-0.15, -0.1) is 0 Å². The van der Waals surface area contributed by atoms with E-state index in [0.29, 0.717) is 0 Å². The lowest BCUT2D eigenvalue weighted by atomic mass is 10.0. The number of carbonyl (C=O) groups excluding carboxylic acids is 1. The highest BCUT2D eigenvalue weighted by Crippen LogP contribution is 2.35. The maximum absolute atomic E-state index is 14.8. The summed E-state index contributed by atoms with van der Waals surface area (Å²) in [5, 5.41) is 3.43. The predicted molar refractivity (Wildman–Crippen MR) is 123 cm³/mol. The second-order valence-corrected chi connectivity index (χ2v) is 8.50. The fourth-order valence-electron chi connectivity index (χ4n) is 4.05. The molecule has 2 atom stereocenters. The van der Waals surface area contributed by atoms with E-state index in [1.807, 2.05) is 0 Å². The predicted octanol–water partition coefficient (Wildman–Crippen LogP) is 4.03. The van der Waals surface area contributed by atoms with E-state index in [-0.39, 0.29) is 35.5 Å². The Bertz CT molecular complexity index is 1160. The lowest BCUT2D eigenvalue weighted by Crippen LogP contribution is -2.59. The van der Waals surface area contributed by atoms with Crippen LogP contribution in [-0.4, -0.2) is 47.3 Å². The number of rotatable bonds is 4. The number of nitrogens with one attached hydrogen (secondary N) is 1. The summed E-state index contributed by atoms with van der Waals surface area (Å²) in [6.07, 6.45) is -3.93. The molecule has 0 radical (unpaired) electrons. The number of thiocarbonyl (C=S) groups is 1. The SMILES string of the molecule is C[C@@H]1CN(c2cc(F)c(/C=N/NC(N)=S)cc2F)C[C@H](C)N1C(=O)c1ccc(F)cc1C(F)(F)F. The van der Waals surface area contributed by atoms with Crippen molar-refractivity contribution in [3.63, 3.8) is 0 Å². The Hall–Kier alpha value is -3.35. The average Bonchev–Trinajstić information content (AvgIpc) is 2.74. The molecular weight excluding hydrogens is 496 g/mol. The van der Waals surface area contributed by atoms with Gasteiger partial charge in [-0.2, -0.15) is 18.3 Å². The Balaban J connectivity index is 1.85. The Labute approximate surface area is 202 Å². The molecule has 0 aromatic heterocycles. The number of nitrogens with zero attached hydrogens (tertiary/aromatic N) is 3. The zero-order valence-electron chi connectivity index (χ0n) is 18.5. The lowest BCUT2D eigenvalue weighted by Gasteiger charge is -2.45. The number of nitrogens with two attached hydrogens (primary N) is 1. The number of carbonyl (C=O) groups is 1. The zero-order chi connectivity index (χ0) is 26.1. The van der Waals surface area contributed by atoms with Crippen LogP contribution >= 0.6 is 12.2 Å². The molecule has 3 rings (SSSR count). The largest absolute Gasteiger partial charge is 0.417 e. The molecule has 0 aliphatic carbocycles. The number of piperazine rings is 1. The van der Waals surface area contributed by atoms with Crippen LogP contribution in [0.25, 0.3) is 0 Å². The van der Waals surface area contributed by atoms with Crippen molar-refractivity contribution in [2.75, 3.05) is 18.0 Å². The average molecular weight is 517 g/mol. The highest BCUT2D eigenvalue weighted by molar-refractivity contribution is 7.80. The van der Waals surface area contributed by atoms with Crippen LogP contribution in [0.2, 0.25) is 0 Å². The van der Waals surface area contributed by atoms with Crippen molar-refractivity contribution in [1.82, 2.24) is 10.3 Å². The van der Waals surface area contributed by atoms with Gasteiger partial charge in [0.15, 0.2) is 5.11 Å². The normalized spacial score (nSPS) is 18.7. The number of amides is 1. The van der Waals surface area contributed by atoms with Gasteiger partial charge < -0.3 is 15.5 Å². The monoisotopic (exact) mass is 517 g/mol. The molecule has 35 heavy (non-hydrogen) atoms. The van der Waals surface area contributed by atoms with E-state index in [2.05, 4.69) is 22.7 Å². The molecule has 2 aromatic rings. The van der Waals surface area contributed by atoms with Crippen molar-refractivity contribution in [2.24, 2.45) is 10.8 Å². The van der Waals surface area contributed by atoms with E-state index in [1.165, 1.54) is 9.80 Å². The van der Waals surface area contributed by atoms with Crippen LogP contribution in [0.3, 0.4) is 0 Å². The third kappa shape index (κ3) is 5.84. The first-order valence-electron chi connectivity index (χ1n) is 10.3. The fraction of sp³-hybridized carbons (Fsp3) is 0.318. The molecular formula is C22H21F6N5OS. The topological polar surface area (TPSA) is 74.0 Å². The molecule has 13 heteroatoms. The Morgan fingerprint density at radius 2 is 1.74 bits per heavy atom. The molecule has 3 N–H and O–H groups in total. The molecule has 1 fully saturated rings. The summed E-state index contributed by atoms with van der Waals surface area (Å²) in [6, 6.07) is 2.42. The third-order valence-corrected chi connectivity index (χ3v) is 5.55. The molecule has 1 aliphatic rings. The first-order valence-corrected chi connectivity index (χ1v) is 10.7. The number of alkyl halides is 3. The number of anilines is 1. The summed E-state index contributed by atoms with van der Waals surface area (Å²) in [7, 11) is 0. The van der Waals surface area contributed by atoms with Crippen molar-refractivity contribution in [3.8, 4) is 0 Å². The second-order valence-electron chi connectivity index (χ2n) is 8.06. The minimum absolute atomic E-state index is 0.0193. The molecule has 1 aliphatic heterocycles. The van der Waals surface area contributed by atoms with Gasteiger partial charge >= 0.3 is 6.18 Å². The van der Waals surface area contributed by atoms with Crippen molar-refractivity contribution in [3.05, 3.63) is 64.5 Å². The number of hydrogen-bond acceptors (Lipinski definition) is 4. The van der Waals surface area contributed by atoms with Gasteiger partial charge in [-0.05, 0) is 50.3 Å². The first kappa shape index (κ1) is 26.3. The minimum Gasteiger partial charge on any atom is -0.375 e. The number of hydrazone groups is 1. The molecule has 1 heterocycles. The number of hydrogen-bond donors (Lipinski definition) is 2. The van der Waals surface area contributed by atoms with Crippen LogP contribution in [-0.2, 0) is 6.18 Å². The zero-order valence-corrected chi connectivity index (χ0v) is 19.4. The summed E-state index contributed by atoms with van der Waals surface area (Å²) in [5.41, 5.74) is 5.13. The summed E-state index contributed by atoms with van der Waals surface area (Å²) in [6.45, 7) is 3.19. The van der Waals surface area contributed by atoms with E-state index in [0.717, 1.165) is 30.5 Å². The van der Waals surface area contributed by atoms with Gasteiger partial charge in [0, 0.05) is 36.8 Å². The summed E-state index contributed by atoms with van der Waals surface area (Å²) in [5.74, 6) is -3.59. The van der Waals surface area contributed by atoms with Gasteiger partial charge in [-0.25, -0.2) is 13.2 Å². The van der Waals surface area contributed by atoms with Gasteiger partial charge in [0.25, 0.3) is 5.91 Å². The lowest BCUT2D eigenvalue weighted by molar-refractivity contribution is -0.138. The quantitative estimate of drug-likeness (QED) is 0.277. The van der Waals surface area contributed by atoms with Crippen LogP contribution in [0.1, 0.15) is 35.3 Å². The molecule has 6 nitrogen and oxygen atoms in total. The number of halogens is 6. The van der Waals surface area contributed by atoms with E-state index in [4.69, 9.17) is 5.73 Å². The van der Waals surface area contributed by atoms with E-state index < -0.39 is 52.7 Å². The van der Waals surface area contributed by atoms with Crippen molar-refractivity contribution >= 4 is 35.1 Å². The minimum atomic E-state index is -4.93. The fourth-order valence-corrected chi connectivity index (χ4v) is 4.11. The Kier molecular flexibility index (Phi) is 7.58. The summed E-state index contributed by atoms with van der Waals surface area (Å²) >= 11 is 4.57. The van der Waals surface area contributed by atoms with Gasteiger partial charge in [0.2, 0.25) is 0 Å². The molecule has 2 aromatic carbocycles. The van der Waals surface area contributed by atoms with Crippen molar-refractivity contribution < 1.29 is 31.1 Å². The molecule has 188 valence electrons. The van der Waals surface area contributed by atoms with Crippen LogP contribution in [0.4, 0.5) is 32.0 Å². The maximum atomic E-state index is 14.8. The van der Waals surface area contributed by atoms with Crippen molar-refractivity contribution in [2.45, 2.75) is 32.1 Å². The summed E-state index contributed by atoms with van der Waals surface area (Å²) in [4.78, 5) is 15.8. The van der Waals surface area contributed by atoms with Crippen LogP contribution in [0.15, 0.2) is 35.4 Å². The molecule has 1 amide bonds. The van der Waals surface area contributed by atoms with E-state index in [9.17, 15) is 31.1 Å². The van der Waals surface area contributed by atoms with Crippen LogP contribution < -0.4 is 16.1 Å².